The number of rotatable bonds is 21. The normalized spacial score (nSPS) is 26.3. The molecule has 1 fully saturated rings. The van der Waals surface area contributed by atoms with Crippen molar-refractivity contribution in [1.29, 1.82) is 0 Å². The molecule has 1 aliphatic rings. The lowest BCUT2D eigenvalue weighted by molar-refractivity contribution is -0.159. The molecule has 1 aliphatic heterocycles. The maximum atomic E-state index is 16.4. The maximum absolute atomic E-state index is 16.4. The van der Waals surface area contributed by atoms with Gasteiger partial charge < -0.3 is 60.7 Å². The second-order valence-electron chi connectivity index (χ2n) is 29.4. The Balaban J connectivity index is 4.65. The van der Waals surface area contributed by atoms with Crippen molar-refractivity contribution in [1.82, 2.24) is 60.5 Å². The van der Waals surface area contributed by atoms with Gasteiger partial charge in [-0.25, -0.2) is 0 Å². The minimum absolute atomic E-state index is 0.00835. The van der Waals surface area contributed by atoms with Crippen LogP contribution in [0.3, 0.4) is 0 Å². The lowest BCUT2D eigenvalue weighted by Crippen LogP contribution is -2.68. The maximum Gasteiger partial charge on any atom is 0.259 e. The molecule has 12 atom stereocenters. The summed E-state index contributed by atoms with van der Waals surface area (Å²) in [5.74, 6) is -9.66. The molecule has 1 saturated heterocycles. The summed E-state index contributed by atoms with van der Waals surface area (Å²) in [6.45, 7) is 38.4. The number of aliphatic hydroxyl groups excluding tert-OH is 1. The zero-order valence-corrected chi connectivity index (χ0v) is 64.2. The molecule has 0 aromatic heterocycles. The number of nitrogens with one attached hydrogen (secondary N) is 4. The zero-order valence-electron chi connectivity index (χ0n) is 63.4. The van der Waals surface area contributed by atoms with Gasteiger partial charge in [-0.05, 0) is 128 Å². The van der Waals surface area contributed by atoms with Gasteiger partial charge in [-0.15, -0.1) is 11.8 Å². The highest BCUT2D eigenvalue weighted by Crippen LogP contribution is 2.40. The number of allylic oxidation sites excluding steroid dienone is 2. The Kier molecular flexibility index (Phi) is 36.3. The van der Waals surface area contributed by atoms with E-state index in [2.05, 4.69) is 53.9 Å². The molecule has 11 amide bonds. The first-order valence-corrected chi connectivity index (χ1v) is 35.6. The van der Waals surface area contributed by atoms with Crippen LogP contribution in [0.1, 0.15) is 184 Å². The lowest BCUT2D eigenvalue weighted by atomic mass is 9.91. The summed E-state index contributed by atoms with van der Waals surface area (Å²) >= 11 is 1.22. The Bertz CT molecular complexity index is 2590. The van der Waals surface area contributed by atoms with Crippen molar-refractivity contribution in [3.05, 3.63) is 12.2 Å². The molecule has 0 spiro atoms. The van der Waals surface area contributed by atoms with Gasteiger partial charge >= 0.3 is 0 Å². The van der Waals surface area contributed by atoms with Crippen molar-refractivity contribution in [2.24, 2.45) is 41.4 Å². The summed E-state index contributed by atoms with van der Waals surface area (Å²) in [7, 11) is 10.1. The Labute approximate surface area is 575 Å². The minimum Gasteiger partial charge on any atom is -0.390 e. The SMILES string of the molecule is C/C=C/C[C@@H](C)[C@@H](O)[C@H]1C(=O)N[C@@H](CC)C(=O)N(C)CC(=O)N(C)[C@@H](CC(C)C)C(=O)N[C@@H](C(C)C)C(=O)N(C)[C@@H](CC(C)C)C(=O)N[C@@H](C)C(=O)N[C@H](C)C(=O)N(C)[C@@H](CC(C)C)C(=O)N(C)[C@@H](CC(C)C)C(=O)N(C)[C@](SCCN(C(C)C)C(C)C)(C(C)C)C(=O)N1C. The molecule has 1 rings (SSSR count). The third-order valence-corrected chi connectivity index (χ3v) is 20.1. The van der Waals surface area contributed by atoms with Gasteiger partial charge in [-0.3, -0.25) is 57.6 Å². The van der Waals surface area contributed by atoms with Gasteiger partial charge in [0.2, 0.25) is 59.1 Å². The highest BCUT2D eigenvalue weighted by Gasteiger charge is 2.54. The van der Waals surface area contributed by atoms with Gasteiger partial charge in [0.1, 0.15) is 54.4 Å². The number of hydrogen-bond donors (Lipinski definition) is 5. The van der Waals surface area contributed by atoms with Crippen molar-refractivity contribution in [2.45, 2.75) is 261 Å². The van der Waals surface area contributed by atoms with E-state index >= 15 is 19.2 Å². The van der Waals surface area contributed by atoms with Crippen LogP contribution in [-0.4, -0.2) is 255 Å². The fraction of sp³-hybridized carbons (Fsp3) is 0.814. The van der Waals surface area contributed by atoms with Gasteiger partial charge in [0.25, 0.3) is 5.91 Å². The van der Waals surface area contributed by atoms with E-state index < -0.39 is 155 Å². The van der Waals surface area contributed by atoms with Crippen molar-refractivity contribution in [2.75, 3.05) is 68.2 Å². The number of carbonyl (C=O) groups is 11. The second kappa shape index (κ2) is 39.5. The molecule has 0 aromatic rings. The molecule has 95 heavy (non-hydrogen) atoms. The first-order valence-electron chi connectivity index (χ1n) is 34.6. The largest absolute Gasteiger partial charge is 0.390 e. The number of amides is 11. The average Bonchev–Trinajstić information content (AvgIpc) is 0.758. The second-order valence-corrected chi connectivity index (χ2v) is 30.8. The van der Waals surface area contributed by atoms with Crippen LogP contribution in [0.25, 0.3) is 0 Å². The van der Waals surface area contributed by atoms with Crippen molar-refractivity contribution < 1.29 is 57.8 Å². The van der Waals surface area contributed by atoms with Crippen LogP contribution in [0.2, 0.25) is 0 Å². The average molecular weight is 1360 g/mol. The van der Waals surface area contributed by atoms with E-state index in [0.29, 0.717) is 18.7 Å². The van der Waals surface area contributed by atoms with Crippen LogP contribution in [0.5, 0.6) is 0 Å². The smallest absolute Gasteiger partial charge is 0.259 e. The quantitative estimate of drug-likeness (QED) is 0.0895. The summed E-state index contributed by atoms with van der Waals surface area (Å²) in [6, 6.07) is -11.1. The van der Waals surface area contributed by atoms with Gasteiger partial charge in [0, 0.05) is 73.7 Å². The first kappa shape index (κ1) is 87.2. The highest BCUT2D eigenvalue weighted by atomic mass is 32.2. The summed E-state index contributed by atoms with van der Waals surface area (Å²) in [4.78, 5) is 174. The lowest BCUT2D eigenvalue weighted by Gasteiger charge is -2.48. The van der Waals surface area contributed by atoms with Crippen LogP contribution in [-0.2, 0) is 52.7 Å². The highest BCUT2D eigenvalue weighted by molar-refractivity contribution is 8.01. The molecule has 0 aliphatic carbocycles. The topological polar surface area (TPSA) is 282 Å². The summed E-state index contributed by atoms with van der Waals surface area (Å²) < 4.78 is 0. The zero-order chi connectivity index (χ0) is 73.8. The molecule has 24 nitrogen and oxygen atoms in total. The van der Waals surface area contributed by atoms with Crippen molar-refractivity contribution >= 4 is 76.7 Å². The predicted molar refractivity (Wildman–Crippen MR) is 377 cm³/mol. The van der Waals surface area contributed by atoms with Crippen molar-refractivity contribution in [3.8, 4) is 0 Å². The monoisotopic (exact) mass is 1360 g/mol. The van der Waals surface area contributed by atoms with E-state index in [1.54, 1.807) is 47.6 Å². The number of hydrogen-bond acceptors (Lipinski definition) is 14. The third-order valence-electron chi connectivity index (χ3n) is 18.3. The van der Waals surface area contributed by atoms with Crippen LogP contribution >= 0.6 is 11.8 Å². The van der Waals surface area contributed by atoms with E-state index in [4.69, 9.17) is 0 Å². The van der Waals surface area contributed by atoms with E-state index in [0.717, 1.165) is 9.80 Å². The molecule has 0 aromatic carbocycles. The Hall–Kier alpha value is -5.82. The number of carbonyl (C=O) groups excluding carboxylic acids is 11. The van der Waals surface area contributed by atoms with E-state index in [-0.39, 0.29) is 67.9 Å². The van der Waals surface area contributed by atoms with E-state index in [9.17, 15) is 38.7 Å². The van der Waals surface area contributed by atoms with E-state index in [1.807, 2.05) is 68.4 Å². The molecule has 1 heterocycles. The van der Waals surface area contributed by atoms with Crippen LogP contribution in [0, 0.1) is 41.4 Å². The third kappa shape index (κ3) is 24.0. The van der Waals surface area contributed by atoms with Crippen LogP contribution in [0.4, 0.5) is 0 Å². The molecule has 25 heteroatoms. The fourth-order valence-corrected chi connectivity index (χ4v) is 13.9. The molecule has 5 N–H and O–H groups in total. The number of thioether (sulfide) groups is 1. The first-order chi connectivity index (χ1) is 43.8. The molecular formula is C70H128N12O12S. The Morgan fingerprint density at radius 3 is 1.43 bits per heavy atom. The van der Waals surface area contributed by atoms with Gasteiger partial charge in [-0.2, -0.15) is 0 Å². The van der Waals surface area contributed by atoms with Gasteiger partial charge in [0.15, 0.2) is 4.87 Å². The van der Waals surface area contributed by atoms with Crippen LogP contribution < -0.4 is 21.3 Å². The molecule has 546 valence electrons. The van der Waals surface area contributed by atoms with Gasteiger partial charge in [-0.1, -0.05) is 109 Å². The Morgan fingerprint density at radius 1 is 0.537 bits per heavy atom. The fourth-order valence-electron chi connectivity index (χ4n) is 12.4. The number of nitrogens with zero attached hydrogens (tertiary/aromatic N) is 8. The minimum atomic E-state index is -1.84. The van der Waals surface area contributed by atoms with Crippen LogP contribution in [0.15, 0.2) is 12.2 Å². The molecule has 0 unspecified atom stereocenters. The van der Waals surface area contributed by atoms with E-state index in [1.165, 1.54) is 99.4 Å². The number of likely N-dealkylation sites (N-methyl/N-ethyl adjacent to an activating group) is 7. The molecule has 0 radical (unpaired) electrons. The summed E-state index contributed by atoms with van der Waals surface area (Å²) in [5, 5.41) is 23.7. The summed E-state index contributed by atoms with van der Waals surface area (Å²) in [5.41, 5.74) is 0. The number of aliphatic hydroxyl groups is 1. The standard InChI is InChI=1S/C70H128N12O12S/c1-29-31-32-48(19)59(84)58-63(88)73-51(30-2)65(90)75(22)39-56(83)76(23)52(35-40(3)4)62(87)74-57(44(11)12)68(93)77(24)53(36-41(5)6)61(86)71-49(20)60(85)72-50(21)64(89)78(25)54(37-42(7)8)66(91)79(26)55(38-43(9)10)67(92)81(28)70(45(13)14,69(94)80(58)27)95-34-33-82(46(15)16)47(17)18/h29,31,40-55,57-59,84H,30,32-39H2,1-28H3,(H,71,86)(H,72,85)(H,73,88)(H,74,87)/b31-29+/t48-,49+,50-,51+,52+,53+,54+,55+,57+,58+,59-,70+/m1/s1. The molecule has 0 saturated carbocycles. The van der Waals surface area contributed by atoms with Crippen molar-refractivity contribution in [3.63, 3.8) is 0 Å². The molecule has 0 bridgehead atoms. The Morgan fingerprint density at radius 2 is 0.979 bits per heavy atom. The molecular weight excluding hydrogens is 1230 g/mol. The predicted octanol–water partition coefficient (Wildman–Crippen LogP) is 5.45. The summed E-state index contributed by atoms with van der Waals surface area (Å²) in [6.07, 6.45) is 2.95. The van der Waals surface area contributed by atoms with Gasteiger partial charge in [0.05, 0.1) is 12.6 Å².